The molecule has 0 saturated heterocycles. The molecule has 0 bridgehead atoms. The van der Waals surface area contributed by atoms with Crippen LogP contribution >= 0.6 is 0 Å². The molecule has 1 atom stereocenters. The zero-order valence-corrected chi connectivity index (χ0v) is 14.0. The summed E-state index contributed by atoms with van der Waals surface area (Å²) in [5.74, 6) is 0.691. The van der Waals surface area contributed by atoms with Gasteiger partial charge in [-0.25, -0.2) is 0 Å². The van der Waals surface area contributed by atoms with Gasteiger partial charge in [0, 0.05) is 36.5 Å². The Morgan fingerprint density at radius 2 is 1.96 bits per heavy atom. The molecule has 6 nitrogen and oxygen atoms in total. The third kappa shape index (κ3) is 4.01. The number of benzene rings is 1. The third-order valence-electron chi connectivity index (χ3n) is 3.77. The van der Waals surface area contributed by atoms with Crippen LogP contribution in [0, 0.1) is 10.1 Å². The van der Waals surface area contributed by atoms with Crippen molar-refractivity contribution >= 4 is 11.8 Å². The van der Waals surface area contributed by atoms with Gasteiger partial charge in [0.25, 0.3) is 0 Å². The van der Waals surface area contributed by atoms with Crippen molar-refractivity contribution in [3.63, 3.8) is 0 Å². The molecule has 0 saturated carbocycles. The van der Waals surface area contributed by atoms with Crippen molar-refractivity contribution in [3.8, 4) is 5.75 Å². The second-order valence-electron chi connectivity index (χ2n) is 5.59. The molecule has 0 aromatic heterocycles. The quantitative estimate of drug-likeness (QED) is 0.588. The van der Waals surface area contributed by atoms with Gasteiger partial charge in [0.15, 0.2) is 0 Å². The molecule has 1 aliphatic rings. The number of fused-ring (bicyclic) bond motifs is 1. The Morgan fingerprint density at radius 3 is 2.52 bits per heavy atom. The lowest BCUT2D eigenvalue weighted by Crippen LogP contribution is -2.40. The Bertz CT molecular complexity index is 580. The summed E-state index contributed by atoms with van der Waals surface area (Å²) in [5.41, 5.74) is 1.90. The minimum Gasteiger partial charge on any atom is -0.464 e. The number of nitrogens with zero attached hydrogens (tertiary/aromatic N) is 2. The highest BCUT2D eigenvalue weighted by Gasteiger charge is 2.31. The zero-order valence-electron chi connectivity index (χ0n) is 14.0. The first kappa shape index (κ1) is 17.3. The predicted octanol–water partition coefficient (Wildman–Crippen LogP) is 3.26. The van der Waals surface area contributed by atoms with Crippen LogP contribution in [0.2, 0.25) is 0 Å². The largest absolute Gasteiger partial charge is 0.464 e. The molecule has 0 amide bonds. The number of ether oxygens (including phenoxy) is 1. The highest BCUT2D eigenvalue weighted by atomic mass is 16.6. The molecule has 2 rings (SSSR count). The molecule has 0 fully saturated rings. The Balaban J connectivity index is 2.33. The summed E-state index contributed by atoms with van der Waals surface area (Å²) in [7, 11) is 0. The molecule has 1 N–H and O–H groups in total. The minimum absolute atomic E-state index is 0.0473. The molecule has 0 aliphatic carbocycles. The lowest BCUT2D eigenvalue weighted by Gasteiger charge is -2.27. The van der Waals surface area contributed by atoms with E-state index >= 15 is 0 Å². The number of anilines is 1. The SMILES string of the molecule is CCCN(CCC)c1ccc2c(c1)OC(NCC)C([N+](=O)[O-])=C2. The van der Waals surface area contributed by atoms with Crippen LogP contribution in [-0.4, -0.2) is 30.8 Å². The van der Waals surface area contributed by atoms with Crippen molar-refractivity contribution in [1.82, 2.24) is 5.32 Å². The first-order chi connectivity index (χ1) is 11.1. The summed E-state index contributed by atoms with van der Waals surface area (Å²) in [4.78, 5) is 13.1. The number of nitro groups is 1. The van der Waals surface area contributed by atoms with E-state index in [0.29, 0.717) is 12.3 Å². The molecular formula is C17H25N3O3. The molecular weight excluding hydrogens is 294 g/mol. The van der Waals surface area contributed by atoms with Crippen LogP contribution in [-0.2, 0) is 0 Å². The molecule has 23 heavy (non-hydrogen) atoms. The number of hydrogen-bond donors (Lipinski definition) is 1. The van der Waals surface area contributed by atoms with E-state index in [1.807, 2.05) is 25.1 Å². The minimum atomic E-state index is -0.705. The van der Waals surface area contributed by atoms with Crippen molar-refractivity contribution in [2.45, 2.75) is 39.8 Å². The van der Waals surface area contributed by atoms with Crippen LogP contribution in [0.3, 0.4) is 0 Å². The Morgan fingerprint density at radius 1 is 1.26 bits per heavy atom. The van der Waals surface area contributed by atoms with Gasteiger partial charge < -0.3 is 9.64 Å². The molecule has 0 spiro atoms. The normalized spacial score (nSPS) is 16.3. The molecule has 1 heterocycles. The average Bonchev–Trinajstić information content (AvgIpc) is 2.53. The first-order valence-corrected chi connectivity index (χ1v) is 8.25. The molecule has 0 radical (unpaired) electrons. The summed E-state index contributed by atoms with van der Waals surface area (Å²) in [5, 5.41) is 14.2. The van der Waals surface area contributed by atoms with Crippen LogP contribution in [0.5, 0.6) is 5.75 Å². The predicted molar refractivity (Wildman–Crippen MR) is 92.3 cm³/mol. The summed E-state index contributed by atoms with van der Waals surface area (Å²) in [6, 6.07) is 5.89. The highest BCUT2D eigenvalue weighted by Crippen LogP contribution is 2.33. The molecule has 1 aliphatic heterocycles. The van der Waals surface area contributed by atoms with Crippen molar-refractivity contribution < 1.29 is 9.66 Å². The first-order valence-electron chi connectivity index (χ1n) is 8.25. The molecule has 6 heteroatoms. The highest BCUT2D eigenvalue weighted by molar-refractivity contribution is 5.66. The third-order valence-corrected chi connectivity index (χ3v) is 3.77. The van der Waals surface area contributed by atoms with Gasteiger partial charge in [0.1, 0.15) is 5.75 Å². The smallest absolute Gasteiger partial charge is 0.302 e. The monoisotopic (exact) mass is 319 g/mol. The van der Waals surface area contributed by atoms with Gasteiger partial charge in [0.05, 0.1) is 4.92 Å². The maximum atomic E-state index is 11.2. The fourth-order valence-corrected chi connectivity index (χ4v) is 2.75. The van der Waals surface area contributed by atoms with E-state index in [1.54, 1.807) is 6.08 Å². The van der Waals surface area contributed by atoms with Crippen LogP contribution in [0.4, 0.5) is 5.69 Å². The van der Waals surface area contributed by atoms with Crippen LogP contribution < -0.4 is 15.0 Å². The maximum Gasteiger partial charge on any atom is 0.302 e. The maximum absolute atomic E-state index is 11.2. The summed E-state index contributed by atoms with van der Waals surface area (Å²) < 4.78 is 5.85. The van der Waals surface area contributed by atoms with Crippen LogP contribution in [0.25, 0.3) is 6.08 Å². The standard InChI is InChI=1S/C17H25N3O3/c1-4-9-19(10-5-2)14-8-7-13-11-15(20(21)22)17(18-6-3)23-16(13)12-14/h7-8,11-12,17-18H,4-6,9-10H2,1-3H3. The van der Waals surface area contributed by atoms with Gasteiger partial charge in [-0.05, 0) is 31.5 Å². The van der Waals surface area contributed by atoms with Crippen molar-refractivity contribution in [2.75, 3.05) is 24.5 Å². The second kappa shape index (κ2) is 7.97. The van der Waals surface area contributed by atoms with Crippen molar-refractivity contribution in [2.24, 2.45) is 0 Å². The van der Waals surface area contributed by atoms with E-state index in [-0.39, 0.29) is 10.6 Å². The van der Waals surface area contributed by atoms with E-state index in [1.165, 1.54) is 0 Å². The van der Waals surface area contributed by atoms with Crippen molar-refractivity contribution in [3.05, 3.63) is 39.6 Å². The molecule has 1 unspecified atom stereocenters. The number of hydrogen-bond acceptors (Lipinski definition) is 5. The lowest BCUT2D eigenvalue weighted by molar-refractivity contribution is -0.434. The van der Waals surface area contributed by atoms with E-state index in [4.69, 9.17) is 4.74 Å². The molecule has 1 aromatic rings. The topological polar surface area (TPSA) is 67.6 Å². The Labute approximate surface area is 137 Å². The van der Waals surface area contributed by atoms with Crippen molar-refractivity contribution in [1.29, 1.82) is 0 Å². The van der Waals surface area contributed by atoms with Gasteiger partial charge in [0.2, 0.25) is 6.23 Å². The van der Waals surface area contributed by atoms with Gasteiger partial charge >= 0.3 is 5.70 Å². The average molecular weight is 319 g/mol. The fraction of sp³-hybridized carbons (Fsp3) is 0.529. The van der Waals surface area contributed by atoms with E-state index in [9.17, 15) is 10.1 Å². The van der Waals surface area contributed by atoms with Gasteiger partial charge in [-0.15, -0.1) is 0 Å². The van der Waals surface area contributed by atoms with E-state index in [0.717, 1.165) is 37.2 Å². The van der Waals surface area contributed by atoms with Gasteiger partial charge in [-0.2, -0.15) is 0 Å². The number of likely N-dealkylation sites (N-methyl/N-ethyl adjacent to an activating group) is 1. The van der Waals surface area contributed by atoms with Gasteiger partial charge in [-0.3, -0.25) is 15.4 Å². The summed E-state index contributed by atoms with van der Waals surface area (Å²) in [6.45, 7) is 8.79. The zero-order chi connectivity index (χ0) is 16.8. The van der Waals surface area contributed by atoms with E-state index < -0.39 is 6.23 Å². The second-order valence-corrected chi connectivity index (χ2v) is 5.59. The van der Waals surface area contributed by atoms with Crippen LogP contribution in [0.1, 0.15) is 39.2 Å². The molecule has 1 aromatic carbocycles. The fourth-order valence-electron chi connectivity index (χ4n) is 2.75. The summed E-state index contributed by atoms with van der Waals surface area (Å²) in [6.07, 6.45) is 3.04. The number of rotatable bonds is 8. The number of nitrogens with one attached hydrogen (secondary N) is 1. The molecule has 126 valence electrons. The van der Waals surface area contributed by atoms with Crippen LogP contribution in [0.15, 0.2) is 23.9 Å². The Hall–Kier alpha value is -2.08. The summed E-state index contributed by atoms with van der Waals surface area (Å²) >= 11 is 0. The van der Waals surface area contributed by atoms with E-state index in [2.05, 4.69) is 24.1 Å². The lowest BCUT2D eigenvalue weighted by atomic mass is 10.1. The van der Waals surface area contributed by atoms with Gasteiger partial charge in [-0.1, -0.05) is 20.8 Å². The Kier molecular flexibility index (Phi) is 5.98.